The molecule has 128 valence electrons. The molecule has 1 aliphatic heterocycles. The number of amides is 2. The molecule has 3 rings (SSSR count). The van der Waals surface area contributed by atoms with Crippen molar-refractivity contribution in [1.82, 2.24) is 14.5 Å². The number of rotatable bonds is 3. The first-order valence-corrected chi connectivity index (χ1v) is 8.03. The fourth-order valence-corrected chi connectivity index (χ4v) is 3.33. The molecule has 1 aromatic heterocycles. The van der Waals surface area contributed by atoms with E-state index >= 15 is 0 Å². The standard InChI is InChI=1S/C18H24N4O2/c1-12-6-7-13(14(10-12)24-5)20-17(23)22-11-18(2,3)15(22)16-19-8-9-21(16)4/h6-10,15H,11H2,1-5H3,(H,20,23). The number of urea groups is 1. The molecule has 0 radical (unpaired) electrons. The Kier molecular flexibility index (Phi) is 3.99. The summed E-state index contributed by atoms with van der Waals surface area (Å²) in [5, 5.41) is 2.96. The van der Waals surface area contributed by atoms with Gasteiger partial charge in [0.2, 0.25) is 0 Å². The van der Waals surface area contributed by atoms with Gasteiger partial charge in [-0.2, -0.15) is 0 Å². The number of hydrogen-bond acceptors (Lipinski definition) is 3. The molecule has 1 aliphatic rings. The summed E-state index contributed by atoms with van der Waals surface area (Å²) >= 11 is 0. The highest BCUT2D eigenvalue weighted by Gasteiger charge is 2.50. The molecule has 2 heterocycles. The van der Waals surface area contributed by atoms with E-state index in [9.17, 15) is 4.79 Å². The van der Waals surface area contributed by atoms with Gasteiger partial charge in [-0.05, 0) is 24.6 Å². The number of carbonyl (C=O) groups is 1. The number of methoxy groups -OCH3 is 1. The summed E-state index contributed by atoms with van der Waals surface area (Å²) in [4.78, 5) is 19.0. The van der Waals surface area contributed by atoms with Crippen molar-refractivity contribution in [1.29, 1.82) is 0 Å². The zero-order valence-corrected chi connectivity index (χ0v) is 14.8. The summed E-state index contributed by atoms with van der Waals surface area (Å²) in [6.07, 6.45) is 3.67. The summed E-state index contributed by atoms with van der Waals surface area (Å²) in [5.41, 5.74) is 1.76. The van der Waals surface area contributed by atoms with Crippen LogP contribution in [0.4, 0.5) is 10.5 Å². The minimum absolute atomic E-state index is 0.00614. The second-order valence-electron chi connectivity index (χ2n) is 7.05. The van der Waals surface area contributed by atoms with Crippen LogP contribution in [0.15, 0.2) is 30.6 Å². The molecule has 1 unspecified atom stereocenters. The van der Waals surface area contributed by atoms with Crippen LogP contribution in [0.3, 0.4) is 0 Å². The molecule has 6 nitrogen and oxygen atoms in total. The van der Waals surface area contributed by atoms with E-state index in [1.807, 2.05) is 47.8 Å². The zero-order chi connectivity index (χ0) is 17.5. The summed E-state index contributed by atoms with van der Waals surface area (Å²) in [6, 6.07) is 5.55. The van der Waals surface area contributed by atoms with E-state index in [0.29, 0.717) is 18.0 Å². The number of aryl methyl sites for hydroxylation is 2. The van der Waals surface area contributed by atoms with Gasteiger partial charge in [0.1, 0.15) is 11.6 Å². The molecule has 0 bridgehead atoms. The predicted molar refractivity (Wildman–Crippen MR) is 93.2 cm³/mol. The third-order valence-electron chi connectivity index (χ3n) is 4.59. The van der Waals surface area contributed by atoms with Gasteiger partial charge in [0.05, 0.1) is 18.8 Å². The van der Waals surface area contributed by atoms with Gasteiger partial charge in [0.15, 0.2) is 0 Å². The van der Waals surface area contributed by atoms with Crippen molar-refractivity contribution in [2.45, 2.75) is 26.8 Å². The number of ether oxygens (including phenoxy) is 1. The summed E-state index contributed by atoms with van der Waals surface area (Å²) in [5.74, 6) is 1.56. The number of imidazole rings is 1. The van der Waals surface area contributed by atoms with Crippen LogP contribution in [0, 0.1) is 12.3 Å². The van der Waals surface area contributed by atoms with E-state index in [4.69, 9.17) is 4.74 Å². The highest BCUT2D eigenvalue weighted by Crippen LogP contribution is 2.47. The Morgan fingerprint density at radius 1 is 1.42 bits per heavy atom. The molecule has 1 fully saturated rings. The van der Waals surface area contributed by atoms with Crippen molar-refractivity contribution in [3.05, 3.63) is 42.0 Å². The highest BCUT2D eigenvalue weighted by atomic mass is 16.5. The number of nitrogens with zero attached hydrogens (tertiary/aromatic N) is 3. The monoisotopic (exact) mass is 328 g/mol. The van der Waals surface area contributed by atoms with E-state index in [-0.39, 0.29) is 17.5 Å². The Labute approximate surface area is 142 Å². The van der Waals surface area contributed by atoms with Crippen molar-refractivity contribution < 1.29 is 9.53 Å². The van der Waals surface area contributed by atoms with E-state index in [2.05, 4.69) is 24.1 Å². The van der Waals surface area contributed by atoms with E-state index in [1.165, 1.54) is 0 Å². The van der Waals surface area contributed by atoms with Crippen LogP contribution in [0.5, 0.6) is 5.75 Å². The molecular formula is C18H24N4O2. The van der Waals surface area contributed by atoms with Crippen molar-refractivity contribution in [3.63, 3.8) is 0 Å². The van der Waals surface area contributed by atoms with Crippen molar-refractivity contribution >= 4 is 11.7 Å². The molecule has 2 amide bonds. The lowest BCUT2D eigenvalue weighted by atomic mass is 9.74. The topological polar surface area (TPSA) is 59.4 Å². The summed E-state index contributed by atoms with van der Waals surface area (Å²) in [7, 11) is 3.56. The first kappa shape index (κ1) is 16.4. The number of carbonyl (C=O) groups excluding carboxylic acids is 1. The second-order valence-corrected chi connectivity index (χ2v) is 7.05. The Morgan fingerprint density at radius 2 is 2.17 bits per heavy atom. The van der Waals surface area contributed by atoms with E-state index in [1.54, 1.807) is 13.3 Å². The Bertz CT molecular complexity index is 766. The Hall–Kier alpha value is -2.50. The van der Waals surface area contributed by atoms with Gasteiger partial charge < -0.3 is 19.5 Å². The third-order valence-corrected chi connectivity index (χ3v) is 4.59. The maximum absolute atomic E-state index is 12.8. The first-order valence-electron chi connectivity index (χ1n) is 8.03. The van der Waals surface area contributed by atoms with Crippen LogP contribution < -0.4 is 10.1 Å². The maximum Gasteiger partial charge on any atom is 0.322 e. The second kappa shape index (κ2) is 5.85. The lowest BCUT2D eigenvalue weighted by Crippen LogP contribution is -2.59. The van der Waals surface area contributed by atoms with Crippen LogP contribution >= 0.6 is 0 Å². The number of benzene rings is 1. The minimum atomic E-state index is -0.135. The lowest BCUT2D eigenvalue weighted by molar-refractivity contribution is -0.0182. The van der Waals surface area contributed by atoms with Crippen molar-refractivity contribution in [2.75, 3.05) is 19.0 Å². The van der Waals surface area contributed by atoms with Gasteiger partial charge in [-0.3, -0.25) is 0 Å². The van der Waals surface area contributed by atoms with Crippen molar-refractivity contribution in [2.24, 2.45) is 12.5 Å². The number of hydrogen-bond donors (Lipinski definition) is 1. The van der Waals surface area contributed by atoms with Gasteiger partial charge in [-0.25, -0.2) is 9.78 Å². The van der Waals surface area contributed by atoms with E-state index in [0.717, 1.165) is 11.4 Å². The fraction of sp³-hybridized carbons (Fsp3) is 0.444. The Morgan fingerprint density at radius 3 is 2.75 bits per heavy atom. The SMILES string of the molecule is COc1cc(C)ccc1NC(=O)N1CC(C)(C)C1c1nccn1C. The smallest absolute Gasteiger partial charge is 0.322 e. The molecule has 1 saturated heterocycles. The van der Waals surface area contributed by atoms with Crippen LogP contribution in [0.25, 0.3) is 0 Å². The zero-order valence-electron chi connectivity index (χ0n) is 14.8. The number of likely N-dealkylation sites (tertiary alicyclic amines) is 1. The van der Waals surface area contributed by atoms with E-state index < -0.39 is 0 Å². The summed E-state index contributed by atoms with van der Waals surface area (Å²) < 4.78 is 7.34. The molecule has 6 heteroatoms. The molecule has 24 heavy (non-hydrogen) atoms. The molecule has 0 aliphatic carbocycles. The normalized spacial score (nSPS) is 18.9. The van der Waals surface area contributed by atoms with Gasteiger partial charge in [-0.15, -0.1) is 0 Å². The number of nitrogens with one attached hydrogen (secondary N) is 1. The molecule has 2 aromatic rings. The van der Waals surface area contributed by atoms with Crippen molar-refractivity contribution in [3.8, 4) is 5.75 Å². The average Bonchev–Trinajstić information content (AvgIpc) is 2.92. The van der Waals surface area contributed by atoms with Crippen LogP contribution in [0.2, 0.25) is 0 Å². The predicted octanol–water partition coefficient (Wildman–Crippen LogP) is 3.35. The molecule has 1 aromatic carbocycles. The minimum Gasteiger partial charge on any atom is -0.495 e. The van der Waals surface area contributed by atoms with Crippen LogP contribution in [-0.2, 0) is 7.05 Å². The molecule has 0 saturated carbocycles. The van der Waals surface area contributed by atoms with Gasteiger partial charge >= 0.3 is 6.03 Å². The highest BCUT2D eigenvalue weighted by molar-refractivity contribution is 5.92. The maximum atomic E-state index is 12.8. The lowest BCUT2D eigenvalue weighted by Gasteiger charge is -2.53. The molecule has 0 spiro atoms. The third kappa shape index (κ3) is 2.72. The summed E-state index contributed by atoms with van der Waals surface area (Å²) in [6.45, 7) is 6.99. The van der Waals surface area contributed by atoms with Crippen LogP contribution in [0.1, 0.15) is 31.3 Å². The van der Waals surface area contributed by atoms with Crippen LogP contribution in [-0.4, -0.2) is 34.1 Å². The fourth-order valence-electron chi connectivity index (χ4n) is 3.33. The molecular weight excluding hydrogens is 304 g/mol. The quantitative estimate of drug-likeness (QED) is 0.940. The van der Waals surface area contributed by atoms with Gasteiger partial charge in [0, 0.05) is 31.4 Å². The number of anilines is 1. The largest absolute Gasteiger partial charge is 0.495 e. The number of aromatic nitrogens is 2. The molecule has 1 N–H and O–H groups in total. The van der Waals surface area contributed by atoms with Gasteiger partial charge in [-0.1, -0.05) is 19.9 Å². The average molecular weight is 328 g/mol. The van der Waals surface area contributed by atoms with Gasteiger partial charge in [0.25, 0.3) is 0 Å². The molecule has 1 atom stereocenters. The first-order chi connectivity index (χ1) is 11.3. The Balaban J connectivity index is 1.82.